The van der Waals surface area contributed by atoms with Crippen LogP contribution in [-0.4, -0.2) is 12.2 Å². The lowest BCUT2D eigenvalue weighted by Gasteiger charge is -2.16. The topological polar surface area (TPSA) is 29.5 Å². The van der Waals surface area contributed by atoms with E-state index in [0.29, 0.717) is 0 Å². The maximum absolute atomic E-state index is 10.1. The van der Waals surface area contributed by atoms with Gasteiger partial charge in [0.05, 0.1) is 7.11 Å². The van der Waals surface area contributed by atoms with E-state index < -0.39 is 5.60 Å². The third-order valence-corrected chi connectivity index (χ3v) is 2.25. The third-order valence-electron chi connectivity index (χ3n) is 2.25. The summed E-state index contributed by atoms with van der Waals surface area (Å²) < 4.78 is 4.95. The molecule has 1 unspecified atom stereocenters. The fourth-order valence-corrected chi connectivity index (χ4v) is 1.17. The summed E-state index contributed by atoms with van der Waals surface area (Å²) >= 11 is 0. The number of allylic oxidation sites excluding steroid dienone is 2. The second kappa shape index (κ2) is 5.39. The maximum Gasteiger partial charge on any atom is 0.148 e. The summed E-state index contributed by atoms with van der Waals surface area (Å²) in [5, 5.41) is 10.1. The highest BCUT2D eigenvalue weighted by Gasteiger charge is 2.18. The van der Waals surface area contributed by atoms with Crippen LogP contribution in [0.3, 0.4) is 0 Å². The molecule has 0 radical (unpaired) electrons. The third kappa shape index (κ3) is 3.45. The quantitative estimate of drug-likeness (QED) is 0.608. The van der Waals surface area contributed by atoms with Gasteiger partial charge < -0.3 is 9.84 Å². The van der Waals surface area contributed by atoms with Gasteiger partial charge in [-0.25, -0.2) is 0 Å². The first-order valence-electron chi connectivity index (χ1n) is 5.07. The Balaban J connectivity index is 2.88. The van der Waals surface area contributed by atoms with Crippen molar-refractivity contribution < 1.29 is 9.84 Å². The van der Waals surface area contributed by atoms with Crippen LogP contribution in [0.1, 0.15) is 19.4 Å². The van der Waals surface area contributed by atoms with Crippen LogP contribution in [0, 0.1) is 11.8 Å². The molecule has 0 saturated carbocycles. The summed E-state index contributed by atoms with van der Waals surface area (Å²) in [6, 6.07) is 9.36. The Labute approximate surface area is 96.6 Å². The second-order valence-electron chi connectivity index (χ2n) is 3.67. The van der Waals surface area contributed by atoms with Gasteiger partial charge >= 0.3 is 0 Å². The lowest BCUT2D eigenvalue weighted by Crippen LogP contribution is -2.17. The molecule has 2 heteroatoms. The molecule has 0 heterocycles. The molecule has 0 aliphatic carbocycles. The number of hydrogen-bond donors (Lipinski definition) is 1. The van der Waals surface area contributed by atoms with Crippen molar-refractivity contribution in [3.8, 4) is 11.8 Å². The summed E-state index contributed by atoms with van der Waals surface area (Å²) in [7, 11) is 1.59. The predicted molar refractivity (Wildman–Crippen MR) is 64.6 cm³/mol. The molecule has 0 saturated heterocycles. The van der Waals surface area contributed by atoms with Gasteiger partial charge in [0.15, 0.2) is 0 Å². The van der Waals surface area contributed by atoms with Crippen molar-refractivity contribution >= 4 is 0 Å². The summed E-state index contributed by atoms with van der Waals surface area (Å²) in [5.74, 6) is 6.30. The van der Waals surface area contributed by atoms with Crippen molar-refractivity contribution in [3.63, 3.8) is 0 Å². The summed E-state index contributed by atoms with van der Waals surface area (Å²) in [4.78, 5) is 0. The Bertz CT molecular complexity index is 419. The number of methoxy groups -OCH3 is 1. The molecule has 2 nitrogen and oxygen atoms in total. The first-order valence-corrected chi connectivity index (χ1v) is 5.07. The fourth-order valence-electron chi connectivity index (χ4n) is 1.17. The minimum absolute atomic E-state index is 0.719. The molecule has 1 rings (SSSR count). The van der Waals surface area contributed by atoms with Gasteiger partial charge in [-0.2, -0.15) is 0 Å². The molecular weight excluding hydrogens is 200 g/mol. The lowest BCUT2D eigenvalue weighted by atomic mass is 9.97. The SMILES string of the molecule is CO/C(C)=C/C#CC(C)(O)c1ccccc1. The van der Waals surface area contributed by atoms with E-state index in [1.165, 1.54) is 0 Å². The highest BCUT2D eigenvalue weighted by molar-refractivity contribution is 5.33. The zero-order chi connectivity index (χ0) is 12.0. The number of rotatable bonds is 2. The van der Waals surface area contributed by atoms with Crippen LogP contribution in [0.25, 0.3) is 0 Å². The smallest absolute Gasteiger partial charge is 0.148 e. The van der Waals surface area contributed by atoms with Crippen molar-refractivity contribution in [1.82, 2.24) is 0 Å². The van der Waals surface area contributed by atoms with Crippen molar-refractivity contribution in [2.45, 2.75) is 19.4 Å². The fraction of sp³-hybridized carbons (Fsp3) is 0.286. The first kappa shape index (κ1) is 12.4. The zero-order valence-corrected chi connectivity index (χ0v) is 9.82. The second-order valence-corrected chi connectivity index (χ2v) is 3.67. The number of aliphatic hydroxyl groups is 1. The van der Waals surface area contributed by atoms with Crippen LogP contribution in [0.5, 0.6) is 0 Å². The highest BCUT2D eigenvalue weighted by Crippen LogP contribution is 2.18. The van der Waals surface area contributed by atoms with Gasteiger partial charge in [-0.15, -0.1) is 0 Å². The van der Waals surface area contributed by atoms with Crippen molar-refractivity contribution in [1.29, 1.82) is 0 Å². The average molecular weight is 216 g/mol. The molecule has 84 valence electrons. The van der Waals surface area contributed by atoms with E-state index in [4.69, 9.17) is 4.74 Å². The lowest BCUT2D eigenvalue weighted by molar-refractivity contribution is 0.122. The van der Waals surface area contributed by atoms with Crippen molar-refractivity contribution in [3.05, 3.63) is 47.7 Å². The van der Waals surface area contributed by atoms with Gasteiger partial charge in [-0.3, -0.25) is 0 Å². The van der Waals surface area contributed by atoms with Gasteiger partial charge in [-0.1, -0.05) is 42.2 Å². The molecule has 0 aromatic heterocycles. The molecule has 1 atom stereocenters. The van der Waals surface area contributed by atoms with Crippen molar-refractivity contribution in [2.24, 2.45) is 0 Å². The Morgan fingerprint density at radius 1 is 1.38 bits per heavy atom. The molecule has 0 bridgehead atoms. The van der Waals surface area contributed by atoms with Gasteiger partial charge in [0.2, 0.25) is 0 Å². The van der Waals surface area contributed by atoms with E-state index in [1.807, 2.05) is 37.3 Å². The Morgan fingerprint density at radius 3 is 2.56 bits per heavy atom. The van der Waals surface area contributed by atoms with Crippen LogP contribution >= 0.6 is 0 Å². The van der Waals surface area contributed by atoms with Crippen LogP contribution in [-0.2, 0) is 10.3 Å². The van der Waals surface area contributed by atoms with Crippen LogP contribution < -0.4 is 0 Å². The van der Waals surface area contributed by atoms with Gasteiger partial charge in [0.25, 0.3) is 0 Å². The predicted octanol–water partition coefficient (Wildman–Crippen LogP) is 2.45. The largest absolute Gasteiger partial charge is 0.501 e. The Hall–Kier alpha value is -1.72. The molecule has 1 N–H and O–H groups in total. The number of hydrogen-bond acceptors (Lipinski definition) is 2. The molecule has 1 aromatic carbocycles. The van der Waals surface area contributed by atoms with Gasteiger partial charge in [-0.05, 0) is 19.4 Å². The highest BCUT2D eigenvalue weighted by atomic mass is 16.5. The standard InChI is InChI=1S/C14H16O2/c1-12(16-3)8-7-11-14(2,15)13-9-5-4-6-10-13/h4-6,8-10,15H,1-3H3/b12-8+. The molecule has 0 fully saturated rings. The molecule has 16 heavy (non-hydrogen) atoms. The van der Waals surface area contributed by atoms with E-state index >= 15 is 0 Å². The minimum atomic E-state index is -1.13. The summed E-state index contributed by atoms with van der Waals surface area (Å²) in [6.45, 7) is 3.48. The van der Waals surface area contributed by atoms with E-state index in [0.717, 1.165) is 11.3 Å². The molecule has 1 aromatic rings. The molecule has 0 spiro atoms. The van der Waals surface area contributed by atoms with E-state index in [2.05, 4.69) is 11.8 Å². The monoisotopic (exact) mass is 216 g/mol. The van der Waals surface area contributed by atoms with Gasteiger partial charge in [0.1, 0.15) is 11.4 Å². The molecule has 0 amide bonds. The van der Waals surface area contributed by atoms with E-state index in [9.17, 15) is 5.11 Å². The maximum atomic E-state index is 10.1. The number of ether oxygens (including phenoxy) is 1. The Kier molecular flexibility index (Phi) is 4.16. The molecular formula is C14H16O2. The normalized spacial score (nSPS) is 14.6. The first-order chi connectivity index (χ1) is 7.56. The molecule has 0 aliphatic rings. The summed E-state index contributed by atoms with van der Waals surface area (Å²) in [6.07, 6.45) is 1.64. The minimum Gasteiger partial charge on any atom is -0.501 e. The Morgan fingerprint density at radius 2 is 2.00 bits per heavy atom. The molecule has 0 aliphatic heterocycles. The van der Waals surface area contributed by atoms with E-state index in [1.54, 1.807) is 20.1 Å². The van der Waals surface area contributed by atoms with Crippen LogP contribution in [0.2, 0.25) is 0 Å². The van der Waals surface area contributed by atoms with Gasteiger partial charge in [0, 0.05) is 6.08 Å². The van der Waals surface area contributed by atoms with E-state index in [-0.39, 0.29) is 0 Å². The van der Waals surface area contributed by atoms with Crippen LogP contribution in [0.15, 0.2) is 42.2 Å². The number of benzene rings is 1. The van der Waals surface area contributed by atoms with Crippen LogP contribution in [0.4, 0.5) is 0 Å². The summed E-state index contributed by atoms with van der Waals surface area (Å²) in [5.41, 5.74) is -0.350. The average Bonchev–Trinajstić information content (AvgIpc) is 2.30. The van der Waals surface area contributed by atoms with Crippen molar-refractivity contribution in [2.75, 3.05) is 7.11 Å². The zero-order valence-electron chi connectivity index (χ0n) is 9.82.